The maximum absolute atomic E-state index is 9.35. The molecular formula is C8H16O2. The molecule has 60 valence electrons. The van der Waals surface area contributed by atoms with Crippen LogP contribution in [0, 0.1) is 11.8 Å². The van der Waals surface area contributed by atoms with Gasteiger partial charge in [0, 0.05) is 18.4 Å². The van der Waals surface area contributed by atoms with E-state index in [4.69, 9.17) is 5.11 Å². The molecule has 0 radical (unpaired) electrons. The summed E-state index contributed by atoms with van der Waals surface area (Å²) >= 11 is 0. The van der Waals surface area contributed by atoms with E-state index in [2.05, 4.69) is 6.58 Å². The van der Waals surface area contributed by atoms with Gasteiger partial charge in [-0.05, 0) is 0 Å². The van der Waals surface area contributed by atoms with Crippen molar-refractivity contribution in [3.8, 4) is 0 Å². The molecule has 0 heterocycles. The van der Waals surface area contributed by atoms with Crippen molar-refractivity contribution in [2.24, 2.45) is 11.8 Å². The van der Waals surface area contributed by atoms with Gasteiger partial charge in [-0.2, -0.15) is 0 Å². The number of hydrogen-bond acceptors (Lipinski definition) is 2. The van der Waals surface area contributed by atoms with Gasteiger partial charge >= 0.3 is 0 Å². The fourth-order valence-electron chi connectivity index (χ4n) is 0.766. The summed E-state index contributed by atoms with van der Waals surface area (Å²) in [5, 5.41) is 18.0. The lowest BCUT2D eigenvalue weighted by Gasteiger charge is -2.20. The highest BCUT2D eigenvalue weighted by Crippen LogP contribution is 2.12. The second-order valence-corrected chi connectivity index (χ2v) is 2.75. The van der Waals surface area contributed by atoms with Gasteiger partial charge in [-0.15, -0.1) is 6.58 Å². The molecule has 0 aromatic heterocycles. The van der Waals surface area contributed by atoms with Crippen molar-refractivity contribution in [2.75, 3.05) is 6.61 Å². The van der Waals surface area contributed by atoms with E-state index in [1.807, 2.05) is 13.8 Å². The first-order valence-electron chi connectivity index (χ1n) is 3.55. The van der Waals surface area contributed by atoms with Crippen molar-refractivity contribution in [2.45, 2.75) is 20.0 Å². The van der Waals surface area contributed by atoms with Crippen LogP contribution in [0.4, 0.5) is 0 Å². The molecule has 0 spiro atoms. The Morgan fingerprint density at radius 2 is 2.00 bits per heavy atom. The van der Waals surface area contributed by atoms with Crippen molar-refractivity contribution >= 4 is 0 Å². The summed E-state index contributed by atoms with van der Waals surface area (Å²) < 4.78 is 0. The van der Waals surface area contributed by atoms with Gasteiger partial charge < -0.3 is 10.2 Å². The second kappa shape index (κ2) is 4.47. The summed E-state index contributed by atoms with van der Waals surface area (Å²) in [5.41, 5.74) is 0. The third-order valence-corrected chi connectivity index (χ3v) is 1.78. The zero-order chi connectivity index (χ0) is 8.15. The molecule has 0 aliphatic heterocycles. The smallest absolute Gasteiger partial charge is 0.0647 e. The Labute approximate surface area is 62.2 Å². The van der Waals surface area contributed by atoms with Crippen LogP contribution in [0.3, 0.4) is 0 Å². The van der Waals surface area contributed by atoms with E-state index in [-0.39, 0.29) is 18.4 Å². The fourth-order valence-corrected chi connectivity index (χ4v) is 0.766. The van der Waals surface area contributed by atoms with Gasteiger partial charge in [0.1, 0.15) is 0 Å². The van der Waals surface area contributed by atoms with Crippen LogP contribution in [-0.4, -0.2) is 22.9 Å². The second-order valence-electron chi connectivity index (χ2n) is 2.75. The van der Waals surface area contributed by atoms with Crippen molar-refractivity contribution in [1.29, 1.82) is 0 Å². The molecule has 0 saturated carbocycles. The lowest BCUT2D eigenvalue weighted by Crippen LogP contribution is -2.26. The van der Waals surface area contributed by atoms with Gasteiger partial charge in [0.25, 0.3) is 0 Å². The van der Waals surface area contributed by atoms with Crippen LogP contribution in [0.2, 0.25) is 0 Å². The Balaban J connectivity index is 3.80. The minimum Gasteiger partial charge on any atom is -0.396 e. The molecule has 0 amide bonds. The molecule has 0 aliphatic carbocycles. The molecular weight excluding hydrogens is 128 g/mol. The van der Waals surface area contributed by atoms with Gasteiger partial charge in [-0.3, -0.25) is 0 Å². The molecule has 2 heteroatoms. The maximum atomic E-state index is 9.35. The zero-order valence-electron chi connectivity index (χ0n) is 6.62. The average molecular weight is 144 g/mol. The van der Waals surface area contributed by atoms with Gasteiger partial charge in [0.15, 0.2) is 0 Å². The van der Waals surface area contributed by atoms with E-state index in [1.54, 1.807) is 6.08 Å². The molecule has 2 N–H and O–H groups in total. The molecule has 0 unspecified atom stereocenters. The summed E-state index contributed by atoms with van der Waals surface area (Å²) in [6, 6.07) is 0. The summed E-state index contributed by atoms with van der Waals surface area (Å²) in [7, 11) is 0. The lowest BCUT2D eigenvalue weighted by molar-refractivity contribution is 0.0514. The van der Waals surface area contributed by atoms with Crippen LogP contribution in [0.1, 0.15) is 13.8 Å². The van der Waals surface area contributed by atoms with Crippen molar-refractivity contribution in [3.05, 3.63) is 12.7 Å². The highest BCUT2D eigenvalue weighted by atomic mass is 16.3. The Kier molecular flexibility index (Phi) is 4.32. The molecule has 0 aromatic rings. The monoisotopic (exact) mass is 144 g/mol. The van der Waals surface area contributed by atoms with Gasteiger partial charge in [-0.1, -0.05) is 19.9 Å². The summed E-state index contributed by atoms with van der Waals surface area (Å²) in [6.45, 7) is 7.27. The van der Waals surface area contributed by atoms with Crippen molar-refractivity contribution in [3.63, 3.8) is 0 Å². The topological polar surface area (TPSA) is 40.5 Å². The molecule has 0 aromatic carbocycles. The SMILES string of the molecule is C=C[C@H](C)[C@H](O)[C@H](C)CO. The van der Waals surface area contributed by atoms with E-state index in [9.17, 15) is 5.11 Å². The molecule has 0 bridgehead atoms. The molecule has 10 heavy (non-hydrogen) atoms. The highest BCUT2D eigenvalue weighted by molar-refractivity contribution is 4.83. The molecule has 3 atom stereocenters. The quantitative estimate of drug-likeness (QED) is 0.573. The van der Waals surface area contributed by atoms with Crippen LogP contribution in [-0.2, 0) is 0 Å². The summed E-state index contributed by atoms with van der Waals surface area (Å²) in [5.74, 6) is -0.00449. The first-order valence-corrected chi connectivity index (χ1v) is 3.55. The number of aliphatic hydroxyl groups excluding tert-OH is 2. The largest absolute Gasteiger partial charge is 0.396 e. The van der Waals surface area contributed by atoms with E-state index in [0.29, 0.717) is 0 Å². The Morgan fingerprint density at radius 3 is 2.30 bits per heavy atom. The molecule has 0 rings (SSSR count). The molecule has 0 aliphatic rings. The van der Waals surface area contributed by atoms with E-state index in [1.165, 1.54) is 0 Å². The van der Waals surface area contributed by atoms with E-state index in [0.717, 1.165) is 0 Å². The van der Waals surface area contributed by atoms with E-state index >= 15 is 0 Å². The highest BCUT2D eigenvalue weighted by Gasteiger charge is 2.17. The Bertz CT molecular complexity index is 101. The number of rotatable bonds is 4. The first kappa shape index (κ1) is 9.66. The van der Waals surface area contributed by atoms with Crippen molar-refractivity contribution in [1.82, 2.24) is 0 Å². The van der Waals surface area contributed by atoms with Crippen molar-refractivity contribution < 1.29 is 10.2 Å². The number of hydrogen-bond donors (Lipinski definition) is 2. The van der Waals surface area contributed by atoms with Crippen LogP contribution in [0.15, 0.2) is 12.7 Å². The molecule has 0 saturated heterocycles. The fraction of sp³-hybridized carbons (Fsp3) is 0.750. The lowest BCUT2D eigenvalue weighted by atomic mass is 9.94. The summed E-state index contributed by atoms with van der Waals surface area (Å²) in [6.07, 6.45) is 1.22. The van der Waals surface area contributed by atoms with Crippen LogP contribution in [0.5, 0.6) is 0 Å². The van der Waals surface area contributed by atoms with Gasteiger partial charge in [0.2, 0.25) is 0 Å². The van der Waals surface area contributed by atoms with Gasteiger partial charge in [0.05, 0.1) is 6.10 Å². The van der Waals surface area contributed by atoms with Crippen LogP contribution >= 0.6 is 0 Å². The molecule has 2 nitrogen and oxygen atoms in total. The van der Waals surface area contributed by atoms with E-state index < -0.39 is 6.10 Å². The minimum absolute atomic E-state index is 0.0271. The van der Waals surface area contributed by atoms with Crippen LogP contribution in [0.25, 0.3) is 0 Å². The normalized spacial score (nSPS) is 19.6. The third-order valence-electron chi connectivity index (χ3n) is 1.78. The first-order chi connectivity index (χ1) is 4.63. The van der Waals surface area contributed by atoms with Crippen LogP contribution < -0.4 is 0 Å². The maximum Gasteiger partial charge on any atom is 0.0647 e. The predicted molar refractivity (Wildman–Crippen MR) is 41.6 cm³/mol. The summed E-state index contributed by atoms with van der Waals surface area (Å²) in [4.78, 5) is 0. The number of aliphatic hydroxyl groups is 2. The Morgan fingerprint density at radius 1 is 1.50 bits per heavy atom. The Hall–Kier alpha value is -0.340. The standard InChI is InChI=1S/C8H16O2/c1-4-6(2)8(10)7(3)5-9/h4,6-10H,1,5H2,2-3H3/t6-,7+,8-/m0/s1. The minimum atomic E-state index is -0.470. The average Bonchev–Trinajstić information content (AvgIpc) is 2.00. The predicted octanol–water partition coefficient (Wildman–Crippen LogP) is 0.798. The molecule has 0 fully saturated rings. The van der Waals surface area contributed by atoms with Gasteiger partial charge in [-0.25, -0.2) is 0 Å². The zero-order valence-corrected chi connectivity index (χ0v) is 6.62. The third kappa shape index (κ3) is 2.50.